The number of aliphatic imine (C=N–C) groups is 1. The van der Waals surface area contributed by atoms with Crippen molar-refractivity contribution in [2.75, 3.05) is 31.1 Å². The Hall–Kier alpha value is -3.00. The molecule has 30 heavy (non-hydrogen) atoms. The summed E-state index contributed by atoms with van der Waals surface area (Å²) in [6.45, 7) is 6.66. The van der Waals surface area contributed by atoms with Crippen LogP contribution in [0.3, 0.4) is 0 Å². The lowest BCUT2D eigenvalue weighted by molar-refractivity contribution is -0.143. The van der Waals surface area contributed by atoms with Gasteiger partial charge in [0, 0.05) is 26.1 Å². The number of anilines is 1. The standard InChI is InChI=1S/C22H26N4O4/c1-13-10-16-18(11-14(13)2)26(9-8-25-7-3-4-15(12-25)22(29)30)17-5-6-19(27)24-21(28)20(17)23-16/h5,10-11,15H,3-4,6-9,12H2,1-2H3,(H,29,30)(H,24,27,28). The maximum Gasteiger partial charge on any atom is 0.307 e. The zero-order valence-electron chi connectivity index (χ0n) is 17.3. The van der Waals surface area contributed by atoms with Crippen LogP contribution < -0.4 is 10.2 Å². The summed E-state index contributed by atoms with van der Waals surface area (Å²) in [7, 11) is 0. The highest BCUT2D eigenvalue weighted by Gasteiger charge is 2.33. The number of aliphatic carboxylic acids is 1. The number of nitrogens with one attached hydrogen (secondary N) is 1. The van der Waals surface area contributed by atoms with Gasteiger partial charge in [-0.15, -0.1) is 0 Å². The number of rotatable bonds is 4. The Kier molecular flexibility index (Phi) is 5.42. The number of hydrogen-bond donors (Lipinski definition) is 2. The van der Waals surface area contributed by atoms with E-state index in [-0.39, 0.29) is 24.0 Å². The van der Waals surface area contributed by atoms with Crippen LogP contribution in [0.25, 0.3) is 0 Å². The molecule has 0 aromatic heterocycles. The lowest BCUT2D eigenvalue weighted by Crippen LogP contribution is -2.45. The molecular formula is C22H26N4O4. The molecule has 2 N–H and O–H groups in total. The first kappa shape index (κ1) is 20.3. The second kappa shape index (κ2) is 8.02. The third kappa shape index (κ3) is 3.87. The van der Waals surface area contributed by atoms with E-state index in [9.17, 15) is 19.5 Å². The molecule has 1 saturated heterocycles. The minimum absolute atomic E-state index is 0.113. The predicted molar refractivity (Wildman–Crippen MR) is 113 cm³/mol. The van der Waals surface area contributed by atoms with Crippen molar-refractivity contribution in [3.8, 4) is 0 Å². The van der Waals surface area contributed by atoms with Crippen LogP contribution in [0.1, 0.15) is 30.4 Å². The summed E-state index contributed by atoms with van der Waals surface area (Å²) in [4.78, 5) is 44.7. The smallest absolute Gasteiger partial charge is 0.307 e. The van der Waals surface area contributed by atoms with Crippen molar-refractivity contribution in [1.29, 1.82) is 0 Å². The van der Waals surface area contributed by atoms with Gasteiger partial charge < -0.3 is 14.9 Å². The molecule has 0 radical (unpaired) electrons. The molecule has 2 amide bonds. The number of aryl methyl sites for hydroxylation is 2. The highest BCUT2D eigenvalue weighted by molar-refractivity contribution is 6.49. The molecular weight excluding hydrogens is 384 g/mol. The summed E-state index contributed by atoms with van der Waals surface area (Å²) in [5, 5.41) is 11.7. The Morgan fingerprint density at radius 1 is 1.23 bits per heavy atom. The zero-order chi connectivity index (χ0) is 21.4. The van der Waals surface area contributed by atoms with Gasteiger partial charge in [0.2, 0.25) is 5.91 Å². The number of nitrogens with zero attached hydrogens (tertiary/aromatic N) is 3. The van der Waals surface area contributed by atoms with Crippen molar-refractivity contribution in [2.45, 2.75) is 33.1 Å². The Labute approximate surface area is 175 Å². The van der Waals surface area contributed by atoms with Crippen molar-refractivity contribution < 1.29 is 19.5 Å². The molecule has 0 spiro atoms. The van der Waals surface area contributed by atoms with Crippen molar-refractivity contribution in [3.05, 3.63) is 35.0 Å². The molecule has 1 fully saturated rings. The minimum Gasteiger partial charge on any atom is -0.481 e. The topological polar surface area (TPSA) is 102 Å². The first-order valence-corrected chi connectivity index (χ1v) is 10.3. The summed E-state index contributed by atoms with van der Waals surface area (Å²) in [6, 6.07) is 4.02. The molecule has 158 valence electrons. The molecule has 3 aliphatic rings. The molecule has 8 heteroatoms. The van der Waals surface area contributed by atoms with E-state index in [0.717, 1.165) is 29.8 Å². The molecule has 0 aliphatic carbocycles. The number of carbonyl (C=O) groups is 3. The molecule has 1 aromatic rings. The van der Waals surface area contributed by atoms with E-state index >= 15 is 0 Å². The lowest BCUT2D eigenvalue weighted by Gasteiger charge is -2.36. The van der Waals surface area contributed by atoms with Gasteiger partial charge in [0.25, 0.3) is 5.91 Å². The van der Waals surface area contributed by atoms with Gasteiger partial charge in [0.05, 0.1) is 23.0 Å². The second-order valence-electron chi connectivity index (χ2n) is 8.19. The molecule has 1 atom stereocenters. The predicted octanol–water partition coefficient (Wildman–Crippen LogP) is 1.92. The average molecular weight is 410 g/mol. The lowest BCUT2D eigenvalue weighted by atomic mass is 9.98. The Morgan fingerprint density at radius 2 is 2.00 bits per heavy atom. The van der Waals surface area contributed by atoms with E-state index in [0.29, 0.717) is 37.4 Å². The number of likely N-dealkylation sites (tertiary alicyclic amines) is 1. The minimum atomic E-state index is -0.745. The largest absolute Gasteiger partial charge is 0.481 e. The molecule has 4 rings (SSSR count). The van der Waals surface area contributed by atoms with Crippen molar-refractivity contribution in [3.63, 3.8) is 0 Å². The van der Waals surface area contributed by atoms with Crippen molar-refractivity contribution in [2.24, 2.45) is 10.9 Å². The summed E-state index contributed by atoms with van der Waals surface area (Å²) >= 11 is 0. The van der Waals surface area contributed by atoms with Gasteiger partial charge in [-0.3, -0.25) is 19.7 Å². The van der Waals surface area contributed by atoms with Gasteiger partial charge in [-0.1, -0.05) is 0 Å². The number of piperidine rings is 1. The maximum absolute atomic E-state index is 12.6. The van der Waals surface area contributed by atoms with Crippen LogP contribution in [-0.4, -0.2) is 59.7 Å². The van der Waals surface area contributed by atoms with E-state index in [1.54, 1.807) is 6.08 Å². The van der Waals surface area contributed by atoms with E-state index in [2.05, 4.69) is 21.3 Å². The second-order valence-corrected chi connectivity index (χ2v) is 8.19. The molecule has 1 aromatic carbocycles. The van der Waals surface area contributed by atoms with Gasteiger partial charge in [-0.05, 0) is 62.6 Å². The van der Waals surface area contributed by atoms with Gasteiger partial charge in [-0.2, -0.15) is 0 Å². The fraction of sp³-hybridized carbons (Fsp3) is 0.455. The van der Waals surface area contributed by atoms with Gasteiger partial charge in [0.15, 0.2) is 5.71 Å². The van der Waals surface area contributed by atoms with Gasteiger partial charge >= 0.3 is 5.97 Å². The highest BCUT2D eigenvalue weighted by atomic mass is 16.4. The fourth-order valence-electron chi connectivity index (χ4n) is 4.27. The van der Waals surface area contributed by atoms with Crippen LogP contribution in [0.4, 0.5) is 11.4 Å². The van der Waals surface area contributed by atoms with Crippen LogP contribution in [0.5, 0.6) is 0 Å². The monoisotopic (exact) mass is 410 g/mol. The molecule has 8 nitrogen and oxygen atoms in total. The zero-order valence-corrected chi connectivity index (χ0v) is 17.3. The molecule has 0 saturated carbocycles. The molecule has 3 heterocycles. The third-order valence-corrected chi connectivity index (χ3v) is 6.09. The number of fused-ring (bicyclic) bond motifs is 2. The number of hydrogen-bond acceptors (Lipinski definition) is 6. The average Bonchev–Trinajstić information content (AvgIpc) is 2.85. The van der Waals surface area contributed by atoms with Crippen LogP contribution in [-0.2, 0) is 14.4 Å². The Balaban J connectivity index is 1.65. The van der Waals surface area contributed by atoms with E-state index < -0.39 is 11.9 Å². The first-order valence-electron chi connectivity index (χ1n) is 10.3. The number of carboxylic acid groups (broad SMARTS) is 1. The number of imide groups is 1. The summed E-state index contributed by atoms with van der Waals surface area (Å²) < 4.78 is 0. The number of carbonyl (C=O) groups excluding carboxylic acids is 2. The van der Waals surface area contributed by atoms with E-state index in [1.807, 2.05) is 24.8 Å². The van der Waals surface area contributed by atoms with Crippen LogP contribution in [0.2, 0.25) is 0 Å². The molecule has 3 aliphatic heterocycles. The van der Waals surface area contributed by atoms with E-state index in [4.69, 9.17) is 0 Å². The quantitative estimate of drug-likeness (QED) is 0.736. The summed E-state index contributed by atoms with van der Waals surface area (Å²) in [5.74, 6) is -1.91. The van der Waals surface area contributed by atoms with Gasteiger partial charge in [-0.25, -0.2) is 4.99 Å². The molecule has 1 unspecified atom stereocenters. The summed E-state index contributed by atoms with van der Waals surface area (Å²) in [6.07, 6.45) is 3.44. The normalized spacial score (nSPS) is 21.8. The van der Waals surface area contributed by atoms with Crippen LogP contribution in [0, 0.1) is 19.8 Å². The number of carboxylic acids is 1. The summed E-state index contributed by atoms with van der Waals surface area (Å²) in [5.41, 5.74) is 4.70. The van der Waals surface area contributed by atoms with Crippen molar-refractivity contribution in [1.82, 2.24) is 10.2 Å². The molecule has 0 bridgehead atoms. The van der Waals surface area contributed by atoms with Crippen LogP contribution in [0.15, 0.2) is 28.9 Å². The van der Waals surface area contributed by atoms with Crippen LogP contribution >= 0.6 is 0 Å². The Morgan fingerprint density at radius 3 is 2.77 bits per heavy atom. The third-order valence-electron chi connectivity index (χ3n) is 6.09. The Bertz CT molecular complexity index is 982. The number of amides is 2. The maximum atomic E-state index is 12.6. The van der Waals surface area contributed by atoms with Gasteiger partial charge in [0.1, 0.15) is 0 Å². The first-order chi connectivity index (χ1) is 14.3. The highest BCUT2D eigenvalue weighted by Crippen LogP contribution is 2.39. The van der Waals surface area contributed by atoms with E-state index in [1.165, 1.54) is 0 Å². The number of benzene rings is 1. The van der Waals surface area contributed by atoms with Crippen molar-refractivity contribution >= 4 is 34.9 Å². The SMILES string of the molecule is Cc1cc2c(cc1C)N(CCN1CCCC(C(=O)O)C1)C1=CCC(=O)NC(=O)C1=N2. The fourth-order valence-corrected chi connectivity index (χ4v) is 4.27.